The van der Waals surface area contributed by atoms with Crippen LogP contribution in [-0.4, -0.2) is 35.9 Å². The van der Waals surface area contributed by atoms with Crippen LogP contribution in [0.1, 0.15) is 26.4 Å². The summed E-state index contributed by atoms with van der Waals surface area (Å²) in [6.07, 6.45) is 1.54. The molecule has 0 atom stereocenters. The molecule has 8 nitrogen and oxygen atoms in total. The summed E-state index contributed by atoms with van der Waals surface area (Å²) in [4.78, 5) is 24.3. The highest BCUT2D eigenvalue weighted by atomic mass is 16.5. The molecule has 0 fully saturated rings. The van der Waals surface area contributed by atoms with Crippen molar-refractivity contribution in [2.24, 2.45) is 7.05 Å². The molecule has 0 radical (unpaired) electrons. The van der Waals surface area contributed by atoms with E-state index in [2.05, 4.69) is 15.2 Å². The van der Waals surface area contributed by atoms with Gasteiger partial charge < -0.3 is 19.5 Å². The van der Waals surface area contributed by atoms with Crippen molar-refractivity contribution < 1.29 is 23.8 Å². The smallest absolute Gasteiger partial charge is 0.360 e. The molecule has 1 N–H and O–H groups in total. The molecule has 8 heteroatoms. The molecule has 1 heterocycles. The predicted octanol–water partition coefficient (Wildman–Crippen LogP) is 3.05. The Labute approximate surface area is 168 Å². The van der Waals surface area contributed by atoms with Crippen molar-refractivity contribution in [3.05, 3.63) is 71.5 Å². The third-order valence-electron chi connectivity index (χ3n) is 4.14. The Morgan fingerprint density at radius 3 is 2.28 bits per heavy atom. The highest BCUT2D eigenvalue weighted by molar-refractivity contribution is 6.07. The van der Waals surface area contributed by atoms with Crippen LogP contribution in [0.3, 0.4) is 0 Å². The Hall–Kier alpha value is -3.81. The molecule has 0 aliphatic rings. The Morgan fingerprint density at radius 1 is 1.00 bits per heavy atom. The van der Waals surface area contributed by atoms with Crippen molar-refractivity contribution in [1.82, 2.24) is 9.78 Å². The van der Waals surface area contributed by atoms with E-state index in [1.54, 1.807) is 32.5 Å². The Kier molecular flexibility index (Phi) is 6.13. The summed E-state index contributed by atoms with van der Waals surface area (Å²) in [5.74, 6) is 0.508. The second kappa shape index (κ2) is 8.92. The first kappa shape index (κ1) is 19.9. The number of carbonyl (C=O) groups excluding carboxylic acids is 2. The van der Waals surface area contributed by atoms with Gasteiger partial charge in [-0.3, -0.25) is 9.48 Å². The molecule has 0 bridgehead atoms. The van der Waals surface area contributed by atoms with Crippen LogP contribution in [-0.2, 0) is 18.4 Å². The van der Waals surface area contributed by atoms with Gasteiger partial charge in [0.15, 0.2) is 5.69 Å². The van der Waals surface area contributed by atoms with Crippen molar-refractivity contribution >= 4 is 17.6 Å². The maximum atomic E-state index is 12.5. The molecule has 3 aromatic rings. The molecule has 29 heavy (non-hydrogen) atoms. The lowest BCUT2D eigenvalue weighted by Gasteiger charge is -2.08. The Morgan fingerprint density at radius 2 is 1.66 bits per heavy atom. The number of rotatable bonds is 7. The van der Waals surface area contributed by atoms with Gasteiger partial charge in [-0.15, -0.1) is 0 Å². The number of methoxy groups -OCH3 is 2. The number of aromatic nitrogens is 2. The standard InChI is InChI=1S/C21H21N3O5/c1-24-12-18(19(23-24)21(26)28-3)22-20(25)15-6-4-14(5-7-15)13-29-17-10-8-16(27-2)9-11-17/h4-12H,13H2,1-3H3,(H,22,25). The van der Waals surface area contributed by atoms with Gasteiger partial charge in [0.25, 0.3) is 5.91 Å². The summed E-state index contributed by atoms with van der Waals surface area (Å²) in [7, 11) is 4.52. The second-order valence-electron chi connectivity index (χ2n) is 6.17. The van der Waals surface area contributed by atoms with E-state index in [1.807, 2.05) is 36.4 Å². The van der Waals surface area contributed by atoms with Crippen LogP contribution >= 0.6 is 0 Å². The number of nitrogens with zero attached hydrogens (tertiary/aromatic N) is 2. The van der Waals surface area contributed by atoms with Crippen molar-refractivity contribution in [1.29, 1.82) is 0 Å². The number of amides is 1. The second-order valence-corrected chi connectivity index (χ2v) is 6.17. The predicted molar refractivity (Wildman–Crippen MR) is 106 cm³/mol. The van der Waals surface area contributed by atoms with Gasteiger partial charge in [-0.1, -0.05) is 12.1 Å². The molecule has 0 spiro atoms. The highest BCUT2D eigenvalue weighted by Crippen LogP contribution is 2.19. The first-order valence-corrected chi connectivity index (χ1v) is 8.79. The van der Waals surface area contributed by atoms with Gasteiger partial charge in [-0.2, -0.15) is 5.10 Å². The van der Waals surface area contributed by atoms with E-state index >= 15 is 0 Å². The SMILES string of the molecule is COC(=O)c1nn(C)cc1NC(=O)c1ccc(COc2ccc(OC)cc2)cc1. The van der Waals surface area contributed by atoms with Crippen LogP contribution in [0, 0.1) is 0 Å². The normalized spacial score (nSPS) is 10.3. The summed E-state index contributed by atoms with van der Waals surface area (Å²) >= 11 is 0. The zero-order valence-electron chi connectivity index (χ0n) is 16.3. The number of carbonyl (C=O) groups is 2. The van der Waals surface area contributed by atoms with Gasteiger partial charge >= 0.3 is 5.97 Å². The van der Waals surface area contributed by atoms with Crippen LogP contribution < -0.4 is 14.8 Å². The van der Waals surface area contributed by atoms with Gasteiger partial charge in [0.05, 0.1) is 19.9 Å². The molecule has 0 aliphatic carbocycles. The molecule has 0 saturated carbocycles. The van der Waals surface area contributed by atoms with Crippen LogP contribution in [0.2, 0.25) is 0 Å². The van der Waals surface area contributed by atoms with Crippen LogP contribution in [0.5, 0.6) is 11.5 Å². The van der Waals surface area contributed by atoms with E-state index in [-0.39, 0.29) is 17.3 Å². The average Bonchev–Trinajstić information content (AvgIpc) is 3.12. The maximum Gasteiger partial charge on any atom is 0.360 e. The Bertz CT molecular complexity index is 994. The molecule has 2 aromatic carbocycles. The quantitative estimate of drug-likeness (QED) is 0.618. The van der Waals surface area contributed by atoms with Gasteiger partial charge in [0.2, 0.25) is 0 Å². The van der Waals surface area contributed by atoms with E-state index in [0.29, 0.717) is 12.2 Å². The lowest BCUT2D eigenvalue weighted by Crippen LogP contribution is -2.14. The minimum absolute atomic E-state index is 0.0489. The summed E-state index contributed by atoms with van der Waals surface area (Å²) in [6, 6.07) is 14.3. The molecule has 0 saturated heterocycles. The van der Waals surface area contributed by atoms with E-state index in [4.69, 9.17) is 9.47 Å². The lowest BCUT2D eigenvalue weighted by atomic mass is 10.1. The zero-order valence-corrected chi connectivity index (χ0v) is 16.3. The number of esters is 1. The molecule has 3 rings (SSSR count). The summed E-state index contributed by atoms with van der Waals surface area (Å²) in [5, 5.41) is 6.69. The van der Waals surface area contributed by atoms with Crippen LogP contribution in [0.4, 0.5) is 5.69 Å². The number of hydrogen-bond acceptors (Lipinski definition) is 6. The van der Waals surface area contributed by atoms with Crippen LogP contribution in [0.15, 0.2) is 54.7 Å². The number of benzene rings is 2. The lowest BCUT2D eigenvalue weighted by molar-refractivity contribution is 0.0594. The molecular formula is C21H21N3O5. The van der Waals surface area contributed by atoms with Gasteiger partial charge in [0, 0.05) is 18.8 Å². The van der Waals surface area contributed by atoms with Crippen molar-refractivity contribution in [2.45, 2.75) is 6.61 Å². The minimum atomic E-state index is -0.619. The molecule has 0 unspecified atom stereocenters. The van der Waals surface area contributed by atoms with Gasteiger partial charge in [0.1, 0.15) is 18.1 Å². The fourth-order valence-corrected chi connectivity index (χ4v) is 2.61. The molecule has 150 valence electrons. The molecule has 0 aliphatic heterocycles. The number of ether oxygens (including phenoxy) is 3. The maximum absolute atomic E-state index is 12.5. The van der Waals surface area contributed by atoms with E-state index < -0.39 is 5.97 Å². The van der Waals surface area contributed by atoms with Crippen molar-refractivity contribution in [3.8, 4) is 11.5 Å². The Balaban J connectivity index is 1.62. The highest BCUT2D eigenvalue weighted by Gasteiger charge is 2.19. The molecular weight excluding hydrogens is 374 g/mol. The first-order valence-electron chi connectivity index (χ1n) is 8.79. The summed E-state index contributed by atoms with van der Waals surface area (Å²) in [5.41, 5.74) is 1.69. The number of hydrogen-bond donors (Lipinski definition) is 1. The average molecular weight is 395 g/mol. The molecule has 1 aromatic heterocycles. The fourth-order valence-electron chi connectivity index (χ4n) is 2.61. The summed E-state index contributed by atoms with van der Waals surface area (Å²) in [6.45, 7) is 0.364. The largest absolute Gasteiger partial charge is 0.497 e. The third-order valence-corrected chi connectivity index (χ3v) is 4.14. The topological polar surface area (TPSA) is 91.7 Å². The van der Waals surface area contributed by atoms with Gasteiger partial charge in [-0.25, -0.2) is 4.79 Å². The van der Waals surface area contributed by atoms with E-state index in [0.717, 1.165) is 17.1 Å². The van der Waals surface area contributed by atoms with Crippen molar-refractivity contribution in [2.75, 3.05) is 19.5 Å². The van der Waals surface area contributed by atoms with E-state index in [1.165, 1.54) is 11.8 Å². The third kappa shape index (κ3) is 4.92. The van der Waals surface area contributed by atoms with Crippen molar-refractivity contribution in [3.63, 3.8) is 0 Å². The monoisotopic (exact) mass is 395 g/mol. The zero-order chi connectivity index (χ0) is 20.8. The summed E-state index contributed by atoms with van der Waals surface area (Å²) < 4.78 is 17.0. The number of aryl methyl sites for hydroxylation is 1. The minimum Gasteiger partial charge on any atom is -0.497 e. The molecule has 1 amide bonds. The first-order chi connectivity index (χ1) is 14.0. The number of anilines is 1. The fraction of sp³-hybridized carbons (Fsp3) is 0.190. The number of nitrogens with one attached hydrogen (secondary N) is 1. The van der Waals surface area contributed by atoms with Gasteiger partial charge in [-0.05, 0) is 42.0 Å². The van der Waals surface area contributed by atoms with Crippen LogP contribution in [0.25, 0.3) is 0 Å². The van der Waals surface area contributed by atoms with E-state index in [9.17, 15) is 9.59 Å².